The average Bonchev–Trinajstić information content (AvgIpc) is 3.20. The van der Waals surface area contributed by atoms with E-state index < -0.39 is 11.9 Å². The van der Waals surface area contributed by atoms with E-state index >= 15 is 0 Å². The van der Waals surface area contributed by atoms with Crippen LogP contribution in [-0.4, -0.2) is 31.7 Å². The molecular formula is C20H19F3N6. The van der Waals surface area contributed by atoms with Gasteiger partial charge in [-0.2, -0.15) is 18.2 Å². The maximum atomic E-state index is 12.7. The van der Waals surface area contributed by atoms with Crippen LogP contribution in [0.4, 0.5) is 19.1 Å². The van der Waals surface area contributed by atoms with Crippen molar-refractivity contribution < 1.29 is 13.2 Å². The number of allylic oxidation sites excluding steroid dienone is 1. The first kappa shape index (κ1) is 19.1. The van der Waals surface area contributed by atoms with Crippen molar-refractivity contribution in [2.75, 3.05) is 11.4 Å². The van der Waals surface area contributed by atoms with E-state index in [1.54, 1.807) is 12.4 Å². The van der Waals surface area contributed by atoms with Crippen LogP contribution >= 0.6 is 0 Å². The van der Waals surface area contributed by atoms with Crippen LogP contribution in [0.15, 0.2) is 55.1 Å². The number of pyridine rings is 2. The van der Waals surface area contributed by atoms with E-state index in [2.05, 4.69) is 31.7 Å². The van der Waals surface area contributed by atoms with Crippen molar-refractivity contribution in [3.63, 3.8) is 0 Å². The second-order valence-corrected chi connectivity index (χ2v) is 6.96. The molecule has 4 rings (SSSR count). The van der Waals surface area contributed by atoms with Gasteiger partial charge < -0.3 is 4.90 Å². The fourth-order valence-electron chi connectivity index (χ4n) is 3.48. The predicted octanol–water partition coefficient (Wildman–Crippen LogP) is 4.25. The molecule has 29 heavy (non-hydrogen) atoms. The highest BCUT2D eigenvalue weighted by Crippen LogP contribution is 2.33. The lowest BCUT2D eigenvalue weighted by Gasteiger charge is -2.34. The Morgan fingerprint density at radius 3 is 2.66 bits per heavy atom. The molecule has 0 radical (unpaired) electrons. The summed E-state index contributed by atoms with van der Waals surface area (Å²) >= 11 is 0. The van der Waals surface area contributed by atoms with E-state index in [0.29, 0.717) is 18.2 Å². The molecule has 1 aliphatic heterocycles. The number of nitrogens with zero attached hydrogens (tertiary/aromatic N) is 5. The Morgan fingerprint density at radius 1 is 1.17 bits per heavy atom. The van der Waals surface area contributed by atoms with Crippen LogP contribution in [-0.2, 0) is 12.6 Å². The van der Waals surface area contributed by atoms with Gasteiger partial charge in [-0.15, -0.1) is 5.10 Å². The SMILES string of the molecule is C=C1C(Cc2ccc(C(F)(F)F)nc2)CCCN1c1n[nH]c(-c2ccncc2)n1. The molecule has 0 aromatic carbocycles. The molecule has 9 heteroatoms. The number of aromatic nitrogens is 5. The number of piperidine rings is 1. The minimum Gasteiger partial charge on any atom is -0.313 e. The van der Waals surface area contributed by atoms with Crippen LogP contribution in [0, 0.1) is 5.92 Å². The Hall–Kier alpha value is -3.23. The molecule has 3 aromatic rings. The molecule has 1 atom stereocenters. The fourth-order valence-corrected chi connectivity index (χ4v) is 3.48. The smallest absolute Gasteiger partial charge is 0.313 e. The number of rotatable bonds is 4. The summed E-state index contributed by atoms with van der Waals surface area (Å²) in [5, 5.41) is 7.25. The Morgan fingerprint density at radius 2 is 1.97 bits per heavy atom. The largest absolute Gasteiger partial charge is 0.433 e. The highest BCUT2D eigenvalue weighted by Gasteiger charge is 2.32. The third-order valence-electron chi connectivity index (χ3n) is 5.02. The number of halogens is 3. The van der Waals surface area contributed by atoms with Crippen LogP contribution in [0.2, 0.25) is 0 Å². The minimum atomic E-state index is -4.43. The second-order valence-electron chi connectivity index (χ2n) is 6.96. The molecule has 3 aromatic heterocycles. The third kappa shape index (κ3) is 4.13. The summed E-state index contributed by atoms with van der Waals surface area (Å²) in [6.07, 6.45) is 2.62. The van der Waals surface area contributed by atoms with Crippen molar-refractivity contribution in [3.8, 4) is 11.4 Å². The highest BCUT2D eigenvalue weighted by molar-refractivity contribution is 5.56. The zero-order chi connectivity index (χ0) is 20.4. The van der Waals surface area contributed by atoms with Crippen LogP contribution in [0.5, 0.6) is 0 Å². The second kappa shape index (κ2) is 7.65. The summed E-state index contributed by atoms with van der Waals surface area (Å²) in [4.78, 5) is 14.1. The van der Waals surface area contributed by atoms with E-state index in [1.165, 1.54) is 12.3 Å². The van der Waals surface area contributed by atoms with Gasteiger partial charge in [0.25, 0.3) is 0 Å². The van der Waals surface area contributed by atoms with Gasteiger partial charge in [-0.25, -0.2) is 0 Å². The summed E-state index contributed by atoms with van der Waals surface area (Å²) in [5.41, 5.74) is 1.61. The predicted molar refractivity (Wildman–Crippen MR) is 102 cm³/mol. The lowest BCUT2D eigenvalue weighted by molar-refractivity contribution is -0.141. The van der Waals surface area contributed by atoms with Gasteiger partial charge in [0.1, 0.15) is 5.69 Å². The van der Waals surface area contributed by atoms with Crippen molar-refractivity contribution in [1.29, 1.82) is 0 Å². The number of nitrogens with one attached hydrogen (secondary N) is 1. The first-order chi connectivity index (χ1) is 13.9. The molecule has 1 saturated heterocycles. The van der Waals surface area contributed by atoms with Crippen LogP contribution in [0.3, 0.4) is 0 Å². The molecule has 0 bridgehead atoms. The lowest BCUT2D eigenvalue weighted by Crippen LogP contribution is -2.34. The van der Waals surface area contributed by atoms with Crippen LogP contribution in [0.1, 0.15) is 24.1 Å². The van der Waals surface area contributed by atoms with E-state index in [4.69, 9.17) is 0 Å². The van der Waals surface area contributed by atoms with Crippen molar-refractivity contribution in [3.05, 3.63) is 66.4 Å². The van der Waals surface area contributed by atoms with E-state index in [1.807, 2.05) is 17.0 Å². The van der Waals surface area contributed by atoms with Gasteiger partial charge in [0.05, 0.1) is 0 Å². The maximum absolute atomic E-state index is 12.7. The van der Waals surface area contributed by atoms with Gasteiger partial charge in [0.15, 0.2) is 5.82 Å². The van der Waals surface area contributed by atoms with Gasteiger partial charge in [0.2, 0.25) is 5.95 Å². The summed E-state index contributed by atoms with van der Waals surface area (Å²) in [6.45, 7) is 4.95. The molecule has 0 spiro atoms. The topological polar surface area (TPSA) is 70.6 Å². The molecule has 1 aliphatic rings. The number of hydrogen-bond donors (Lipinski definition) is 1. The number of H-pyrrole nitrogens is 1. The Bertz CT molecular complexity index is 981. The van der Waals surface area contributed by atoms with Gasteiger partial charge >= 0.3 is 6.18 Å². The summed E-state index contributed by atoms with van der Waals surface area (Å²) in [7, 11) is 0. The Balaban J connectivity index is 1.48. The normalized spacial score (nSPS) is 17.6. The van der Waals surface area contributed by atoms with Crippen molar-refractivity contribution in [1.82, 2.24) is 25.1 Å². The molecule has 1 fully saturated rings. The Labute approximate surface area is 165 Å². The monoisotopic (exact) mass is 400 g/mol. The highest BCUT2D eigenvalue weighted by atomic mass is 19.4. The summed E-state index contributed by atoms with van der Waals surface area (Å²) in [5.74, 6) is 1.27. The summed E-state index contributed by atoms with van der Waals surface area (Å²) in [6, 6.07) is 6.19. The van der Waals surface area contributed by atoms with Gasteiger partial charge in [-0.05, 0) is 43.0 Å². The number of anilines is 1. The zero-order valence-corrected chi connectivity index (χ0v) is 15.5. The molecular weight excluding hydrogens is 381 g/mol. The van der Waals surface area contributed by atoms with E-state index in [-0.39, 0.29) is 5.92 Å². The number of hydrogen-bond acceptors (Lipinski definition) is 5. The van der Waals surface area contributed by atoms with Crippen LogP contribution in [0.25, 0.3) is 11.4 Å². The van der Waals surface area contributed by atoms with Gasteiger partial charge in [-0.1, -0.05) is 12.6 Å². The van der Waals surface area contributed by atoms with E-state index in [9.17, 15) is 13.2 Å². The third-order valence-corrected chi connectivity index (χ3v) is 5.02. The van der Waals surface area contributed by atoms with Crippen molar-refractivity contribution >= 4 is 5.95 Å². The fraction of sp³-hybridized carbons (Fsp3) is 0.300. The molecule has 0 amide bonds. The lowest BCUT2D eigenvalue weighted by atomic mass is 9.89. The first-order valence-electron chi connectivity index (χ1n) is 9.23. The molecule has 4 heterocycles. The first-order valence-corrected chi connectivity index (χ1v) is 9.23. The van der Waals surface area contributed by atoms with Gasteiger partial charge in [-0.3, -0.25) is 15.1 Å². The van der Waals surface area contributed by atoms with Crippen molar-refractivity contribution in [2.45, 2.75) is 25.4 Å². The molecule has 1 N–H and O–H groups in total. The standard InChI is InChI=1S/C20H19F3N6/c1-13-16(11-14-4-5-17(25-12-14)20(21,22)23)3-2-10-29(13)19-26-18(27-28-19)15-6-8-24-9-7-15/h4-9,12,16H,1-3,10-11H2,(H,26,27,28). The van der Waals surface area contributed by atoms with Crippen LogP contribution < -0.4 is 4.90 Å². The number of alkyl halides is 3. The van der Waals surface area contributed by atoms with Gasteiger partial charge in [0, 0.05) is 42.3 Å². The average molecular weight is 400 g/mol. The molecule has 0 saturated carbocycles. The van der Waals surface area contributed by atoms with Crippen molar-refractivity contribution in [2.24, 2.45) is 5.92 Å². The maximum Gasteiger partial charge on any atom is 0.433 e. The number of aromatic amines is 1. The molecule has 0 aliphatic carbocycles. The molecule has 1 unspecified atom stereocenters. The molecule has 150 valence electrons. The quantitative estimate of drug-likeness (QED) is 0.709. The Kier molecular flexibility index (Phi) is 5.04. The zero-order valence-electron chi connectivity index (χ0n) is 15.5. The van der Waals surface area contributed by atoms with E-state index in [0.717, 1.165) is 42.3 Å². The minimum absolute atomic E-state index is 0.0881. The molecule has 6 nitrogen and oxygen atoms in total. The summed E-state index contributed by atoms with van der Waals surface area (Å²) < 4.78 is 38.1.